The van der Waals surface area contributed by atoms with Crippen LogP contribution in [0.3, 0.4) is 0 Å². The Kier molecular flexibility index (Phi) is 5.34. The van der Waals surface area contributed by atoms with E-state index in [1.807, 2.05) is 42.5 Å². The Morgan fingerprint density at radius 2 is 1.83 bits per heavy atom. The van der Waals surface area contributed by atoms with Crippen molar-refractivity contribution < 1.29 is 14.4 Å². The van der Waals surface area contributed by atoms with Crippen LogP contribution < -0.4 is 15.1 Å². The van der Waals surface area contributed by atoms with Crippen molar-refractivity contribution in [1.29, 1.82) is 0 Å². The van der Waals surface area contributed by atoms with Gasteiger partial charge in [0.1, 0.15) is 0 Å². The van der Waals surface area contributed by atoms with Crippen LogP contribution in [0.4, 0.5) is 17.1 Å². The summed E-state index contributed by atoms with van der Waals surface area (Å²) in [5.41, 5.74) is 3.49. The van der Waals surface area contributed by atoms with E-state index in [4.69, 9.17) is 0 Å². The van der Waals surface area contributed by atoms with Gasteiger partial charge in [0.25, 0.3) is 0 Å². The molecule has 3 amide bonds. The average molecular weight is 391 g/mol. The van der Waals surface area contributed by atoms with Gasteiger partial charge in [0, 0.05) is 43.0 Å². The second kappa shape index (κ2) is 8.07. The Labute approximate surface area is 170 Å². The number of anilines is 3. The number of amides is 3. The summed E-state index contributed by atoms with van der Waals surface area (Å²) in [5.74, 6) is -0.494. The third kappa shape index (κ3) is 4.01. The molecule has 0 bridgehead atoms. The lowest BCUT2D eigenvalue weighted by atomic mass is 10.1. The molecule has 0 aliphatic carbocycles. The molecule has 1 atom stereocenters. The van der Waals surface area contributed by atoms with Crippen LogP contribution in [0.15, 0.2) is 48.5 Å². The van der Waals surface area contributed by atoms with E-state index < -0.39 is 5.92 Å². The van der Waals surface area contributed by atoms with E-state index in [9.17, 15) is 14.4 Å². The van der Waals surface area contributed by atoms with Crippen LogP contribution in [-0.4, -0.2) is 30.8 Å². The van der Waals surface area contributed by atoms with E-state index in [1.165, 1.54) is 5.56 Å². The quantitative estimate of drug-likeness (QED) is 0.850. The number of carbonyl (C=O) groups excluding carboxylic acids is 3. The zero-order valence-electron chi connectivity index (χ0n) is 16.6. The summed E-state index contributed by atoms with van der Waals surface area (Å²) in [5, 5.41) is 2.92. The Bertz CT molecular complexity index is 939. The van der Waals surface area contributed by atoms with Gasteiger partial charge in [-0.15, -0.1) is 0 Å². The monoisotopic (exact) mass is 391 g/mol. The first-order valence-corrected chi connectivity index (χ1v) is 10.2. The lowest BCUT2D eigenvalue weighted by Crippen LogP contribution is -2.28. The Hall–Kier alpha value is -3.15. The van der Waals surface area contributed by atoms with Crippen LogP contribution in [-0.2, 0) is 20.8 Å². The van der Waals surface area contributed by atoms with Gasteiger partial charge < -0.3 is 15.1 Å². The molecule has 2 heterocycles. The predicted octanol–water partition coefficient (Wildman–Crippen LogP) is 3.37. The molecule has 1 N–H and O–H groups in total. The molecule has 6 nitrogen and oxygen atoms in total. The molecule has 0 radical (unpaired) electrons. The van der Waals surface area contributed by atoms with Crippen LogP contribution in [0.25, 0.3) is 0 Å². The first-order valence-electron chi connectivity index (χ1n) is 10.2. The third-order valence-electron chi connectivity index (χ3n) is 5.65. The molecule has 6 heteroatoms. The highest BCUT2D eigenvalue weighted by molar-refractivity contribution is 6.04. The molecule has 29 heavy (non-hydrogen) atoms. The maximum absolute atomic E-state index is 12.8. The number of nitrogens with one attached hydrogen (secondary N) is 1. The molecular formula is C23H25N3O3. The predicted molar refractivity (Wildman–Crippen MR) is 113 cm³/mol. The number of carbonyl (C=O) groups is 3. The van der Waals surface area contributed by atoms with Crippen molar-refractivity contribution in [2.75, 3.05) is 28.2 Å². The third-order valence-corrected chi connectivity index (χ3v) is 5.65. The van der Waals surface area contributed by atoms with Crippen molar-refractivity contribution in [1.82, 2.24) is 0 Å². The van der Waals surface area contributed by atoms with Crippen molar-refractivity contribution >= 4 is 34.8 Å². The van der Waals surface area contributed by atoms with Gasteiger partial charge in [-0.3, -0.25) is 14.4 Å². The number of rotatable bonds is 5. The van der Waals surface area contributed by atoms with Crippen LogP contribution >= 0.6 is 0 Å². The number of hydrogen-bond acceptors (Lipinski definition) is 3. The molecule has 0 saturated carbocycles. The largest absolute Gasteiger partial charge is 0.326 e. The van der Waals surface area contributed by atoms with E-state index in [0.29, 0.717) is 25.2 Å². The molecule has 2 aliphatic heterocycles. The van der Waals surface area contributed by atoms with Gasteiger partial charge in [0.05, 0.1) is 5.92 Å². The van der Waals surface area contributed by atoms with Gasteiger partial charge >= 0.3 is 0 Å². The van der Waals surface area contributed by atoms with Gasteiger partial charge in [0.15, 0.2) is 0 Å². The first-order chi connectivity index (χ1) is 14.0. The molecule has 0 unspecified atom stereocenters. The highest BCUT2D eigenvalue weighted by Crippen LogP contribution is 2.28. The summed E-state index contributed by atoms with van der Waals surface area (Å²) < 4.78 is 0. The summed E-state index contributed by atoms with van der Waals surface area (Å²) in [4.78, 5) is 40.6. The summed E-state index contributed by atoms with van der Waals surface area (Å²) in [6.07, 6.45) is 2.57. The fourth-order valence-corrected chi connectivity index (χ4v) is 3.96. The molecule has 2 saturated heterocycles. The van der Waals surface area contributed by atoms with E-state index in [2.05, 4.69) is 12.2 Å². The fraction of sp³-hybridized carbons (Fsp3) is 0.348. The standard InChI is InChI=1S/C23H25N3O3/c1-2-16-8-10-19(11-9-16)26-15-17(13-22(26)28)23(29)24-18-5-3-6-20(14-18)25-12-4-7-21(25)27/h3,5-6,8-11,14,17H,2,4,7,12-13,15H2,1H3,(H,24,29)/t17-/m0/s1. The normalized spacial score (nSPS) is 19.1. The molecule has 4 rings (SSSR count). The van der Waals surface area contributed by atoms with Crippen LogP contribution in [0.5, 0.6) is 0 Å². The first kappa shape index (κ1) is 19.2. The summed E-state index contributed by atoms with van der Waals surface area (Å²) in [6, 6.07) is 15.2. The second-order valence-corrected chi connectivity index (χ2v) is 7.61. The van der Waals surface area contributed by atoms with Crippen LogP contribution in [0, 0.1) is 5.92 Å². The molecular weight excluding hydrogens is 366 g/mol. The van der Waals surface area contributed by atoms with Crippen molar-refractivity contribution in [3.05, 3.63) is 54.1 Å². The minimum Gasteiger partial charge on any atom is -0.326 e. The highest BCUT2D eigenvalue weighted by atomic mass is 16.2. The molecule has 150 valence electrons. The van der Waals surface area contributed by atoms with E-state index in [1.54, 1.807) is 15.9 Å². The number of hydrogen-bond donors (Lipinski definition) is 1. The fourth-order valence-electron chi connectivity index (χ4n) is 3.96. The summed E-state index contributed by atoms with van der Waals surface area (Å²) >= 11 is 0. The van der Waals surface area contributed by atoms with Gasteiger partial charge in [-0.2, -0.15) is 0 Å². The van der Waals surface area contributed by atoms with Crippen molar-refractivity contribution in [2.24, 2.45) is 5.92 Å². The lowest BCUT2D eigenvalue weighted by Gasteiger charge is -2.18. The topological polar surface area (TPSA) is 69.7 Å². The molecule has 0 aromatic heterocycles. The molecule has 2 aromatic carbocycles. The zero-order chi connectivity index (χ0) is 20.4. The lowest BCUT2D eigenvalue weighted by molar-refractivity contribution is -0.122. The molecule has 2 aromatic rings. The maximum atomic E-state index is 12.8. The maximum Gasteiger partial charge on any atom is 0.229 e. The van der Waals surface area contributed by atoms with Gasteiger partial charge in [-0.25, -0.2) is 0 Å². The number of aryl methyl sites for hydroxylation is 1. The van der Waals surface area contributed by atoms with Crippen LogP contribution in [0.1, 0.15) is 31.7 Å². The Morgan fingerprint density at radius 1 is 1.03 bits per heavy atom. The summed E-state index contributed by atoms with van der Waals surface area (Å²) in [7, 11) is 0. The van der Waals surface area contributed by atoms with E-state index in [0.717, 1.165) is 24.2 Å². The van der Waals surface area contributed by atoms with Crippen molar-refractivity contribution in [2.45, 2.75) is 32.6 Å². The minimum absolute atomic E-state index is 0.0363. The van der Waals surface area contributed by atoms with E-state index >= 15 is 0 Å². The molecule has 2 aliphatic rings. The van der Waals surface area contributed by atoms with Crippen LogP contribution in [0.2, 0.25) is 0 Å². The zero-order valence-corrected chi connectivity index (χ0v) is 16.6. The van der Waals surface area contributed by atoms with E-state index in [-0.39, 0.29) is 24.1 Å². The van der Waals surface area contributed by atoms with Gasteiger partial charge in [-0.1, -0.05) is 25.1 Å². The smallest absolute Gasteiger partial charge is 0.229 e. The second-order valence-electron chi connectivity index (χ2n) is 7.61. The SMILES string of the molecule is CCc1ccc(N2C[C@@H](C(=O)Nc3cccc(N4CCCC4=O)c3)CC2=O)cc1. The summed E-state index contributed by atoms with van der Waals surface area (Å²) in [6.45, 7) is 3.17. The van der Waals surface area contributed by atoms with Gasteiger partial charge in [-0.05, 0) is 48.7 Å². The van der Waals surface area contributed by atoms with Crippen molar-refractivity contribution in [3.63, 3.8) is 0 Å². The number of benzene rings is 2. The minimum atomic E-state index is -0.398. The Balaban J connectivity index is 1.42. The average Bonchev–Trinajstić information content (AvgIpc) is 3.34. The molecule has 2 fully saturated rings. The van der Waals surface area contributed by atoms with Gasteiger partial charge in [0.2, 0.25) is 17.7 Å². The highest BCUT2D eigenvalue weighted by Gasteiger charge is 2.35. The van der Waals surface area contributed by atoms with Crippen molar-refractivity contribution in [3.8, 4) is 0 Å². The number of nitrogens with zero attached hydrogens (tertiary/aromatic N) is 2. The Morgan fingerprint density at radius 3 is 2.52 bits per heavy atom. The molecule has 0 spiro atoms.